The van der Waals surface area contributed by atoms with E-state index >= 15 is 0 Å². The molecule has 1 amide bonds. The van der Waals surface area contributed by atoms with Gasteiger partial charge in [-0.05, 0) is 39.8 Å². The van der Waals surface area contributed by atoms with E-state index in [1.807, 2.05) is 70.7 Å². The fourth-order valence-corrected chi connectivity index (χ4v) is 1.69. The minimum atomic E-state index is 0.121. The van der Waals surface area contributed by atoms with Crippen molar-refractivity contribution in [1.29, 1.82) is 0 Å². The van der Waals surface area contributed by atoms with Crippen LogP contribution in [0.4, 0.5) is 0 Å². The maximum atomic E-state index is 12.1. The van der Waals surface area contributed by atoms with Crippen molar-refractivity contribution in [2.45, 2.75) is 47.6 Å². The Bertz CT molecular complexity index is 345. The van der Waals surface area contributed by atoms with Crippen LogP contribution in [-0.4, -0.2) is 23.4 Å². The van der Waals surface area contributed by atoms with Gasteiger partial charge in [0.05, 0.1) is 0 Å². The molecule has 0 unspecified atom stereocenters. The molecule has 0 radical (unpaired) electrons. The van der Waals surface area contributed by atoms with Crippen LogP contribution in [0.1, 0.15) is 50.5 Å². The third kappa shape index (κ3) is 4.59. The van der Waals surface area contributed by atoms with E-state index in [0.29, 0.717) is 0 Å². The predicted octanol–water partition coefficient (Wildman–Crippen LogP) is 3.89. The standard InChI is InChI=1S/C13H19NO.C2H6/c1-5-14(10(2)3)13(15)12-8-6-7-11(4)9-12;1-2/h6-10H,5H2,1-4H3;1-2H3. The summed E-state index contributed by atoms with van der Waals surface area (Å²) in [5, 5.41) is 0. The fraction of sp³-hybridized carbons (Fsp3) is 0.533. The van der Waals surface area contributed by atoms with Crippen LogP contribution in [0.15, 0.2) is 24.3 Å². The van der Waals surface area contributed by atoms with Crippen LogP contribution in [0.5, 0.6) is 0 Å². The molecule has 0 saturated heterocycles. The molecule has 0 atom stereocenters. The van der Waals surface area contributed by atoms with Gasteiger partial charge in [0, 0.05) is 18.2 Å². The van der Waals surface area contributed by atoms with Crippen molar-refractivity contribution >= 4 is 5.91 Å². The summed E-state index contributed by atoms with van der Waals surface area (Å²) in [6, 6.07) is 8.00. The van der Waals surface area contributed by atoms with Crippen molar-refractivity contribution in [2.24, 2.45) is 0 Å². The first-order chi connectivity index (χ1) is 8.06. The second kappa shape index (κ2) is 7.88. The summed E-state index contributed by atoms with van der Waals surface area (Å²) in [6.45, 7) is 12.8. The summed E-state index contributed by atoms with van der Waals surface area (Å²) in [5.41, 5.74) is 1.91. The number of benzene rings is 1. The number of hydrogen-bond acceptors (Lipinski definition) is 1. The van der Waals surface area contributed by atoms with Crippen molar-refractivity contribution in [1.82, 2.24) is 4.90 Å². The Balaban J connectivity index is 0.00000121. The van der Waals surface area contributed by atoms with Crippen LogP contribution in [0.2, 0.25) is 0 Å². The third-order valence-electron chi connectivity index (χ3n) is 2.49. The van der Waals surface area contributed by atoms with Crippen LogP contribution in [0, 0.1) is 6.92 Å². The Labute approximate surface area is 106 Å². The lowest BCUT2D eigenvalue weighted by molar-refractivity contribution is 0.0717. The summed E-state index contributed by atoms with van der Waals surface area (Å²) in [4.78, 5) is 14.0. The largest absolute Gasteiger partial charge is 0.337 e. The minimum absolute atomic E-state index is 0.121. The Morgan fingerprint density at radius 3 is 2.29 bits per heavy atom. The second-order valence-electron chi connectivity index (χ2n) is 4.05. The first-order valence-corrected chi connectivity index (χ1v) is 6.44. The average molecular weight is 235 g/mol. The second-order valence-corrected chi connectivity index (χ2v) is 4.05. The van der Waals surface area contributed by atoms with Gasteiger partial charge in [0.25, 0.3) is 5.91 Å². The lowest BCUT2D eigenvalue weighted by atomic mass is 10.1. The molecule has 0 aliphatic rings. The lowest BCUT2D eigenvalue weighted by Crippen LogP contribution is -2.36. The van der Waals surface area contributed by atoms with E-state index in [9.17, 15) is 4.79 Å². The zero-order chi connectivity index (χ0) is 13.4. The molecule has 0 aliphatic carbocycles. The summed E-state index contributed by atoms with van der Waals surface area (Å²) >= 11 is 0. The van der Waals surface area contributed by atoms with Crippen molar-refractivity contribution < 1.29 is 4.79 Å². The van der Waals surface area contributed by atoms with Gasteiger partial charge in [-0.15, -0.1) is 0 Å². The molecule has 1 aromatic rings. The summed E-state index contributed by atoms with van der Waals surface area (Å²) in [7, 11) is 0. The highest BCUT2D eigenvalue weighted by molar-refractivity contribution is 5.94. The Hall–Kier alpha value is -1.31. The number of hydrogen-bond donors (Lipinski definition) is 0. The maximum absolute atomic E-state index is 12.1. The lowest BCUT2D eigenvalue weighted by Gasteiger charge is -2.25. The van der Waals surface area contributed by atoms with E-state index < -0.39 is 0 Å². The van der Waals surface area contributed by atoms with Gasteiger partial charge in [-0.2, -0.15) is 0 Å². The molecule has 0 aromatic heterocycles. The fourth-order valence-electron chi connectivity index (χ4n) is 1.69. The van der Waals surface area contributed by atoms with Crippen molar-refractivity contribution in [2.75, 3.05) is 6.54 Å². The molecule has 0 fully saturated rings. The topological polar surface area (TPSA) is 20.3 Å². The van der Waals surface area contributed by atoms with Crippen LogP contribution in [-0.2, 0) is 0 Å². The molecule has 0 heterocycles. The van der Waals surface area contributed by atoms with Crippen molar-refractivity contribution in [3.05, 3.63) is 35.4 Å². The van der Waals surface area contributed by atoms with Gasteiger partial charge in [-0.3, -0.25) is 4.79 Å². The highest BCUT2D eigenvalue weighted by atomic mass is 16.2. The van der Waals surface area contributed by atoms with Crippen molar-refractivity contribution in [3.63, 3.8) is 0 Å². The minimum Gasteiger partial charge on any atom is -0.337 e. The summed E-state index contributed by atoms with van der Waals surface area (Å²) in [6.07, 6.45) is 0. The van der Waals surface area contributed by atoms with Gasteiger partial charge < -0.3 is 4.90 Å². The molecule has 2 heteroatoms. The van der Waals surface area contributed by atoms with Crippen LogP contribution in [0.3, 0.4) is 0 Å². The Morgan fingerprint density at radius 1 is 1.29 bits per heavy atom. The zero-order valence-corrected chi connectivity index (χ0v) is 11.9. The zero-order valence-electron chi connectivity index (χ0n) is 11.9. The molecule has 0 bridgehead atoms. The third-order valence-corrected chi connectivity index (χ3v) is 2.49. The number of amides is 1. The van der Waals surface area contributed by atoms with Gasteiger partial charge in [-0.1, -0.05) is 31.5 Å². The summed E-state index contributed by atoms with van der Waals surface area (Å²) in [5.74, 6) is 0.121. The molecule has 1 aromatic carbocycles. The number of carbonyl (C=O) groups excluding carboxylic acids is 1. The molecule has 96 valence electrons. The molecular weight excluding hydrogens is 210 g/mol. The predicted molar refractivity (Wildman–Crippen MR) is 74.4 cm³/mol. The van der Waals surface area contributed by atoms with Crippen molar-refractivity contribution in [3.8, 4) is 0 Å². The van der Waals surface area contributed by atoms with E-state index in [1.165, 1.54) is 0 Å². The van der Waals surface area contributed by atoms with Gasteiger partial charge in [-0.25, -0.2) is 0 Å². The SMILES string of the molecule is CC.CCN(C(=O)c1cccc(C)c1)C(C)C. The highest BCUT2D eigenvalue weighted by Crippen LogP contribution is 2.10. The molecule has 0 spiro atoms. The van der Waals surface area contributed by atoms with Crippen LogP contribution >= 0.6 is 0 Å². The molecule has 2 nitrogen and oxygen atoms in total. The average Bonchev–Trinajstić information content (AvgIpc) is 2.32. The van der Waals surface area contributed by atoms with E-state index in [1.54, 1.807) is 0 Å². The van der Waals surface area contributed by atoms with Gasteiger partial charge >= 0.3 is 0 Å². The van der Waals surface area contributed by atoms with E-state index in [0.717, 1.165) is 17.7 Å². The highest BCUT2D eigenvalue weighted by Gasteiger charge is 2.16. The van der Waals surface area contributed by atoms with Crippen LogP contribution in [0.25, 0.3) is 0 Å². The number of carbonyl (C=O) groups is 1. The van der Waals surface area contributed by atoms with Gasteiger partial charge in [0.1, 0.15) is 0 Å². The monoisotopic (exact) mass is 235 g/mol. The molecule has 1 rings (SSSR count). The van der Waals surface area contributed by atoms with Crippen LogP contribution < -0.4 is 0 Å². The van der Waals surface area contributed by atoms with Gasteiger partial charge in [0.15, 0.2) is 0 Å². The Kier molecular flexibility index (Phi) is 7.27. The number of nitrogens with zero attached hydrogens (tertiary/aromatic N) is 1. The normalized spacial score (nSPS) is 9.59. The number of rotatable bonds is 3. The maximum Gasteiger partial charge on any atom is 0.254 e. The molecule has 0 aliphatic heterocycles. The smallest absolute Gasteiger partial charge is 0.254 e. The Morgan fingerprint density at radius 2 is 1.88 bits per heavy atom. The summed E-state index contributed by atoms with van der Waals surface area (Å²) < 4.78 is 0. The van der Waals surface area contributed by atoms with E-state index in [-0.39, 0.29) is 11.9 Å². The molecular formula is C15H25NO. The van der Waals surface area contributed by atoms with Gasteiger partial charge in [0.2, 0.25) is 0 Å². The first-order valence-electron chi connectivity index (χ1n) is 6.44. The van der Waals surface area contributed by atoms with E-state index in [4.69, 9.17) is 0 Å². The quantitative estimate of drug-likeness (QED) is 0.778. The first kappa shape index (κ1) is 15.7. The molecule has 0 saturated carbocycles. The molecule has 0 N–H and O–H groups in total. The molecule has 17 heavy (non-hydrogen) atoms. The number of aryl methyl sites for hydroxylation is 1. The van der Waals surface area contributed by atoms with E-state index in [2.05, 4.69) is 0 Å².